The monoisotopic (exact) mass is 254 g/mol. The number of rotatable bonds is 8. The van der Waals surface area contributed by atoms with E-state index < -0.39 is 0 Å². The van der Waals surface area contributed by atoms with Gasteiger partial charge in [0.1, 0.15) is 0 Å². The van der Waals surface area contributed by atoms with Gasteiger partial charge in [0.05, 0.1) is 32.0 Å². The Hall–Kier alpha value is 0.360. The first-order valence-electron chi connectivity index (χ1n) is 4.39. The SMILES string of the molecule is COCCOCCOC(C)(C)CBr. The predicted octanol–water partition coefficient (Wildman–Crippen LogP) is 1.84. The maximum absolute atomic E-state index is 5.55. The zero-order chi connectivity index (χ0) is 10.2. The van der Waals surface area contributed by atoms with Crippen LogP contribution >= 0.6 is 15.9 Å². The van der Waals surface area contributed by atoms with E-state index in [4.69, 9.17) is 14.2 Å². The van der Waals surface area contributed by atoms with Gasteiger partial charge in [-0.1, -0.05) is 15.9 Å². The Labute approximate surface area is 88.9 Å². The van der Waals surface area contributed by atoms with Crippen LogP contribution in [0.5, 0.6) is 0 Å². The van der Waals surface area contributed by atoms with Crippen LogP contribution in [0.3, 0.4) is 0 Å². The van der Waals surface area contributed by atoms with E-state index in [1.807, 2.05) is 13.8 Å². The number of alkyl halides is 1. The lowest BCUT2D eigenvalue weighted by atomic mass is 10.2. The summed E-state index contributed by atoms with van der Waals surface area (Å²) in [5.41, 5.74) is -0.107. The molecule has 0 aromatic heterocycles. The quantitative estimate of drug-likeness (QED) is 0.489. The summed E-state index contributed by atoms with van der Waals surface area (Å²) in [6.07, 6.45) is 0. The van der Waals surface area contributed by atoms with E-state index in [2.05, 4.69) is 15.9 Å². The highest BCUT2D eigenvalue weighted by Crippen LogP contribution is 2.11. The normalized spacial score (nSPS) is 12.0. The van der Waals surface area contributed by atoms with Crippen LogP contribution in [0.1, 0.15) is 13.8 Å². The zero-order valence-corrected chi connectivity index (χ0v) is 10.2. The predicted molar refractivity (Wildman–Crippen MR) is 56.5 cm³/mol. The van der Waals surface area contributed by atoms with Gasteiger partial charge in [-0.25, -0.2) is 0 Å². The topological polar surface area (TPSA) is 27.7 Å². The van der Waals surface area contributed by atoms with Crippen molar-refractivity contribution in [2.45, 2.75) is 19.4 Å². The average Bonchev–Trinajstić information content (AvgIpc) is 2.11. The molecule has 0 aliphatic heterocycles. The molecule has 0 atom stereocenters. The summed E-state index contributed by atoms with van der Waals surface area (Å²) in [6, 6.07) is 0. The molecule has 80 valence electrons. The van der Waals surface area contributed by atoms with Crippen LogP contribution in [0.2, 0.25) is 0 Å². The van der Waals surface area contributed by atoms with Gasteiger partial charge >= 0.3 is 0 Å². The second-order valence-electron chi connectivity index (χ2n) is 3.35. The van der Waals surface area contributed by atoms with Crippen LogP contribution in [-0.2, 0) is 14.2 Å². The molecule has 0 saturated heterocycles. The molecule has 0 unspecified atom stereocenters. The highest BCUT2D eigenvalue weighted by atomic mass is 79.9. The first-order chi connectivity index (χ1) is 6.12. The Balaban J connectivity index is 3.16. The third-order valence-electron chi connectivity index (χ3n) is 1.47. The minimum absolute atomic E-state index is 0.107. The molecule has 0 aliphatic rings. The molecule has 0 N–H and O–H groups in total. The van der Waals surface area contributed by atoms with Crippen molar-refractivity contribution in [3.63, 3.8) is 0 Å². The van der Waals surface area contributed by atoms with Crippen molar-refractivity contribution in [2.75, 3.05) is 38.9 Å². The van der Waals surface area contributed by atoms with E-state index >= 15 is 0 Å². The second-order valence-corrected chi connectivity index (χ2v) is 3.91. The van der Waals surface area contributed by atoms with Crippen LogP contribution in [0.15, 0.2) is 0 Å². The summed E-state index contributed by atoms with van der Waals surface area (Å²) in [6.45, 7) is 6.60. The highest BCUT2D eigenvalue weighted by Gasteiger charge is 2.15. The number of hydrogen-bond donors (Lipinski definition) is 0. The van der Waals surface area contributed by atoms with E-state index in [0.29, 0.717) is 26.4 Å². The van der Waals surface area contributed by atoms with Crippen LogP contribution in [-0.4, -0.2) is 44.5 Å². The molecule has 0 aliphatic carbocycles. The molecular weight excluding hydrogens is 236 g/mol. The van der Waals surface area contributed by atoms with Crippen molar-refractivity contribution in [3.05, 3.63) is 0 Å². The largest absolute Gasteiger partial charge is 0.382 e. The van der Waals surface area contributed by atoms with Crippen molar-refractivity contribution >= 4 is 15.9 Å². The van der Waals surface area contributed by atoms with E-state index in [1.165, 1.54) is 0 Å². The molecule has 0 spiro atoms. The number of ether oxygens (including phenoxy) is 3. The fourth-order valence-corrected chi connectivity index (χ4v) is 0.822. The Bertz CT molecular complexity index is 117. The molecule has 0 heterocycles. The molecular formula is C9H19BrO3. The first kappa shape index (κ1) is 13.4. The smallest absolute Gasteiger partial charge is 0.0724 e. The van der Waals surface area contributed by atoms with Crippen LogP contribution in [0, 0.1) is 0 Å². The second kappa shape index (κ2) is 7.74. The van der Waals surface area contributed by atoms with Gasteiger partial charge in [-0.15, -0.1) is 0 Å². The van der Waals surface area contributed by atoms with Gasteiger partial charge in [-0.3, -0.25) is 0 Å². The first-order valence-corrected chi connectivity index (χ1v) is 5.51. The summed E-state index contributed by atoms with van der Waals surface area (Å²) in [4.78, 5) is 0. The van der Waals surface area contributed by atoms with E-state index in [0.717, 1.165) is 5.33 Å². The third kappa shape index (κ3) is 8.68. The van der Waals surface area contributed by atoms with Crippen molar-refractivity contribution in [1.82, 2.24) is 0 Å². The molecule has 4 heteroatoms. The molecule has 0 amide bonds. The van der Waals surface area contributed by atoms with Gasteiger partial charge < -0.3 is 14.2 Å². The molecule has 0 aromatic rings. The molecule has 0 fully saturated rings. The van der Waals surface area contributed by atoms with E-state index in [1.54, 1.807) is 7.11 Å². The standard InChI is InChI=1S/C9H19BrO3/c1-9(2,8-10)13-7-6-12-5-4-11-3/h4-8H2,1-3H3. The number of methoxy groups -OCH3 is 1. The summed E-state index contributed by atoms with van der Waals surface area (Å²) >= 11 is 3.38. The minimum Gasteiger partial charge on any atom is -0.382 e. The highest BCUT2D eigenvalue weighted by molar-refractivity contribution is 9.09. The van der Waals surface area contributed by atoms with Crippen LogP contribution < -0.4 is 0 Å². The van der Waals surface area contributed by atoms with E-state index in [-0.39, 0.29) is 5.60 Å². The Morgan fingerprint density at radius 3 is 2.23 bits per heavy atom. The minimum atomic E-state index is -0.107. The lowest BCUT2D eigenvalue weighted by molar-refractivity contribution is -0.0371. The van der Waals surface area contributed by atoms with Gasteiger partial charge in [-0.2, -0.15) is 0 Å². The van der Waals surface area contributed by atoms with Gasteiger partial charge in [0.15, 0.2) is 0 Å². The molecule has 13 heavy (non-hydrogen) atoms. The van der Waals surface area contributed by atoms with Gasteiger partial charge in [-0.05, 0) is 13.8 Å². The summed E-state index contributed by atoms with van der Waals surface area (Å²) < 4.78 is 15.6. The lowest BCUT2D eigenvalue weighted by Crippen LogP contribution is -2.28. The van der Waals surface area contributed by atoms with Crippen molar-refractivity contribution in [3.8, 4) is 0 Å². The van der Waals surface area contributed by atoms with Gasteiger partial charge in [0.2, 0.25) is 0 Å². The average molecular weight is 255 g/mol. The maximum atomic E-state index is 5.55. The van der Waals surface area contributed by atoms with Crippen molar-refractivity contribution in [2.24, 2.45) is 0 Å². The molecule has 0 saturated carbocycles. The summed E-state index contributed by atoms with van der Waals surface area (Å²) in [5, 5.41) is 0.831. The Morgan fingerprint density at radius 1 is 1.08 bits per heavy atom. The van der Waals surface area contributed by atoms with Gasteiger partial charge in [0.25, 0.3) is 0 Å². The van der Waals surface area contributed by atoms with Crippen LogP contribution in [0.4, 0.5) is 0 Å². The number of halogens is 1. The van der Waals surface area contributed by atoms with Crippen molar-refractivity contribution in [1.29, 1.82) is 0 Å². The molecule has 0 radical (unpaired) electrons. The molecule has 0 rings (SSSR count). The molecule has 3 nitrogen and oxygen atoms in total. The number of hydrogen-bond acceptors (Lipinski definition) is 3. The van der Waals surface area contributed by atoms with E-state index in [9.17, 15) is 0 Å². The fourth-order valence-electron chi connectivity index (χ4n) is 0.660. The van der Waals surface area contributed by atoms with Gasteiger partial charge in [0, 0.05) is 12.4 Å². The zero-order valence-electron chi connectivity index (χ0n) is 8.64. The molecule has 0 aromatic carbocycles. The lowest BCUT2D eigenvalue weighted by Gasteiger charge is -2.22. The third-order valence-corrected chi connectivity index (χ3v) is 2.82. The maximum Gasteiger partial charge on any atom is 0.0724 e. The Kier molecular flexibility index (Phi) is 7.95. The van der Waals surface area contributed by atoms with Crippen molar-refractivity contribution < 1.29 is 14.2 Å². The van der Waals surface area contributed by atoms with Crippen LogP contribution in [0.25, 0.3) is 0 Å². The fraction of sp³-hybridized carbons (Fsp3) is 1.00. The summed E-state index contributed by atoms with van der Waals surface area (Å²) in [7, 11) is 1.66. The Morgan fingerprint density at radius 2 is 1.69 bits per heavy atom. The summed E-state index contributed by atoms with van der Waals surface area (Å²) in [5.74, 6) is 0. The molecule has 0 bridgehead atoms.